The Kier molecular flexibility index (Phi) is 3.39. The van der Waals surface area contributed by atoms with Crippen LogP contribution in [0.2, 0.25) is 0 Å². The summed E-state index contributed by atoms with van der Waals surface area (Å²) in [7, 11) is 0. The molecule has 5 heteroatoms. The molecule has 0 saturated carbocycles. The van der Waals surface area contributed by atoms with Crippen LogP contribution in [0.3, 0.4) is 0 Å². The van der Waals surface area contributed by atoms with Crippen LogP contribution in [0, 0.1) is 0 Å². The fourth-order valence-electron chi connectivity index (χ4n) is 0.431. The van der Waals surface area contributed by atoms with Gasteiger partial charge in [-0.15, -0.1) is 0 Å². The number of rotatable bonds is 4. The van der Waals surface area contributed by atoms with E-state index in [1.807, 2.05) is 0 Å². The average molecular weight is 159 g/mol. The van der Waals surface area contributed by atoms with E-state index in [2.05, 4.69) is 0 Å². The summed E-state index contributed by atoms with van der Waals surface area (Å²) in [6.07, 6.45) is -0.426. The molecule has 0 amide bonds. The minimum Gasteiger partial charge on any atom is -0.480 e. The molecular formula is C6H9NO4. The lowest BCUT2D eigenvalue weighted by molar-refractivity contribution is -0.141. The topological polar surface area (TPSA) is 97.5 Å². The second-order valence-electron chi connectivity index (χ2n) is 2.13. The first-order valence-electron chi connectivity index (χ1n) is 2.97. The van der Waals surface area contributed by atoms with Crippen LogP contribution in [-0.2, 0) is 14.4 Å². The number of carboxylic acid groups (broad SMARTS) is 1. The average Bonchev–Trinajstić information content (AvgIpc) is 1.87. The molecular weight excluding hydrogens is 150 g/mol. The van der Waals surface area contributed by atoms with Crippen LogP contribution in [0.4, 0.5) is 0 Å². The molecule has 0 fully saturated rings. The number of carbonyl (C=O) groups excluding carboxylic acids is 2. The monoisotopic (exact) mass is 159 g/mol. The van der Waals surface area contributed by atoms with Crippen molar-refractivity contribution < 1.29 is 19.5 Å². The van der Waals surface area contributed by atoms with E-state index in [0.717, 1.165) is 6.92 Å². The zero-order chi connectivity index (χ0) is 9.02. The van der Waals surface area contributed by atoms with Gasteiger partial charge in [0, 0.05) is 13.3 Å². The minimum atomic E-state index is -1.28. The summed E-state index contributed by atoms with van der Waals surface area (Å²) in [5, 5.41) is 8.22. The highest BCUT2D eigenvalue weighted by Crippen LogP contribution is 1.90. The van der Waals surface area contributed by atoms with Crippen molar-refractivity contribution in [3.05, 3.63) is 0 Å². The molecule has 0 aromatic rings. The van der Waals surface area contributed by atoms with Crippen LogP contribution in [0.1, 0.15) is 13.3 Å². The number of nitrogens with two attached hydrogens (primary N) is 1. The van der Waals surface area contributed by atoms with Gasteiger partial charge in [0.2, 0.25) is 0 Å². The van der Waals surface area contributed by atoms with Gasteiger partial charge in [-0.05, 0) is 0 Å². The van der Waals surface area contributed by atoms with Crippen LogP contribution >= 0.6 is 0 Å². The van der Waals surface area contributed by atoms with Gasteiger partial charge in [0.05, 0.1) is 0 Å². The van der Waals surface area contributed by atoms with Gasteiger partial charge in [0.15, 0.2) is 11.6 Å². The van der Waals surface area contributed by atoms with Gasteiger partial charge in [0.1, 0.15) is 6.04 Å². The van der Waals surface area contributed by atoms with Gasteiger partial charge >= 0.3 is 5.97 Å². The Morgan fingerprint density at radius 2 is 1.91 bits per heavy atom. The number of carbonyl (C=O) groups is 3. The summed E-state index contributed by atoms with van der Waals surface area (Å²) in [4.78, 5) is 30.9. The lowest BCUT2D eigenvalue weighted by Gasteiger charge is -2.01. The first kappa shape index (κ1) is 9.77. The van der Waals surface area contributed by atoms with Gasteiger partial charge < -0.3 is 10.8 Å². The molecule has 11 heavy (non-hydrogen) atoms. The van der Waals surface area contributed by atoms with E-state index in [0.29, 0.717) is 0 Å². The molecule has 0 saturated heterocycles. The summed E-state index contributed by atoms with van der Waals surface area (Å²) in [5.41, 5.74) is 4.98. The molecule has 0 aromatic carbocycles. The highest BCUT2D eigenvalue weighted by Gasteiger charge is 2.18. The standard InChI is InChI=1S/C6H9NO4/c1-3(8)5(9)2-4(7)6(10)11/h4H,2,7H2,1H3,(H,10,11)/t4-/m1/s1. The van der Waals surface area contributed by atoms with Crippen molar-refractivity contribution in [3.63, 3.8) is 0 Å². The Bertz CT molecular complexity index is 199. The van der Waals surface area contributed by atoms with Crippen molar-refractivity contribution >= 4 is 17.5 Å². The largest absolute Gasteiger partial charge is 0.480 e. The van der Waals surface area contributed by atoms with Crippen LogP contribution in [-0.4, -0.2) is 28.7 Å². The number of hydrogen-bond donors (Lipinski definition) is 2. The van der Waals surface area contributed by atoms with Gasteiger partial charge in [-0.3, -0.25) is 14.4 Å². The molecule has 0 aliphatic carbocycles. The summed E-state index contributed by atoms with van der Waals surface area (Å²) < 4.78 is 0. The number of ketones is 2. The molecule has 0 aromatic heterocycles. The summed E-state index contributed by atoms with van der Waals surface area (Å²) in [6, 6.07) is -1.27. The van der Waals surface area contributed by atoms with Crippen LogP contribution in [0.15, 0.2) is 0 Å². The summed E-state index contributed by atoms with van der Waals surface area (Å²) in [5.74, 6) is -2.69. The first-order chi connectivity index (χ1) is 4.95. The maximum Gasteiger partial charge on any atom is 0.320 e. The van der Waals surface area contributed by atoms with Gasteiger partial charge in [-0.25, -0.2) is 0 Å². The van der Waals surface area contributed by atoms with Crippen molar-refractivity contribution in [2.24, 2.45) is 5.73 Å². The molecule has 0 aliphatic rings. The number of aliphatic carboxylic acids is 1. The maximum atomic E-state index is 10.6. The van der Waals surface area contributed by atoms with E-state index in [4.69, 9.17) is 10.8 Å². The van der Waals surface area contributed by atoms with Gasteiger partial charge in [-0.2, -0.15) is 0 Å². The third-order valence-electron chi connectivity index (χ3n) is 1.12. The van der Waals surface area contributed by atoms with E-state index in [1.54, 1.807) is 0 Å². The smallest absolute Gasteiger partial charge is 0.320 e. The molecule has 0 heterocycles. The van der Waals surface area contributed by atoms with Crippen LogP contribution in [0.5, 0.6) is 0 Å². The van der Waals surface area contributed by atoms with E-state index < -0.39 is 30.0 Å². The third kappa shape index (κ3) is 3.47. The zero-order valence-corrected chi connectivity index (χ0v) is 6.03. The van der Waals surface area contributed by atoms with Crippen molar-refractivity contribution in [2.45, 2.75) is 19.4 Å². The van der Waals surface area contributed by atoms with E-state index in [9.17, 15) is 14.4 Å². The predicted octanol–water partition coefficient (Wildman–Crippen LogP) is -1.05. The summed E-state index contributed by atoms with van der Waals surface area (Å²) in [6.45, 7) is 1.08. The highest BCUT2D eigenvalue weighted by molar-refractivity contribution is 6.36. The third-order valence-corrected chi connectivity index (χ3v) is 1.12. The SMILES string of the molecule is CC(=O)C(=O)C[C@@H](N)C(=O)O. The van der Waals surface area contributed by atoms with Crippen LogP contribution < -0.4 is 5.73 Å². The molecule has 0 bridgehead atoms. The van der Waals surface area contributed by atoms with Crippen molar-refractivity contribution in [1.82, 2.24) is 0 Å². The number of carboxylic acids is 1. The Morgan fingerprint density at radius 1 is 1.45 bits per heavy atom. The predicted molar refractivity (Wildman–Crippen MR) is 35.9 cm³/mol. The fourth-order valence-corrected chi connectivity index (χ4v) is 0.431. The molecule has 0 spiro atoms. The maximum absolute atomic E-state index is 10.6. The molecule has 0 aliphatic heterocycles. The Balaban J connectivity index is 3.95. The Hall–Kier alpha value is -1.23. The lowest BCUT2D eigenvalue weighted by Crippen LogP contribution is -2.34. The minimum absolute atomic E-state index is 0.426. The van der Waals surface area contributed by atoms with Gasteiger partial charge in [-0.1, -0.05) is 0 Å². The first-order valence-corrected chi connectivity index (χ1v) is 2.97. The molecule has 1 atom stereocenters. The molecule has 0 rings (SSSR count). The van der Waals surface area contributed by atoms with Gasteiger partial charge in [0.25, 0.3) is 0 Å². The van der Waals surface area contributed by atoms with Crippen molar-refractivity contribution in [2.75, 3.05) is 0 Å². The van der Waals surface area contributed by atoms with Crippen LogP contribution in [0.25, 0.3) is 0 Å². The fraction of sp³-hybridized carbons (Fsp3) is 0.500. The van der Waals surface area contributed by atoms with Crippen molar-refractivity contribution in [3.8, 4) is 0 Å². The number of Topliss-reactive ketones (excluding diaryl/α,β-unsaturated/α-hetero) is 2. The lowest BCUT2D eigenvalue weighted by atomic mass is 10.1. The molecule has 5 nitrogen and oxygen atoms in total. The van der Waals surface area contributed by atoms with E-state index in [-0.39, 0.29) is 0 Å². The van der Waals surface area contributed by atoms with E-state index >= 15 is 0 Å². The Labute approximate surface area is 63.2 Å². The quantitative estimate of drug-likeness (QED) is 0.510. The van der Waals surface area contributed by atoms with Crippen molar-refractivity contribution in [1.29, 1.82) is 0 Å². The zero-order valence-electron chi connectivity index (χ0n) is 6.03. The molecule has 62 valence electrons. The summed E-state index contributed by atoms with van der Waals surface area (Å²) >= 11 is 0. The Morgan fingerprint density at radius 3 is 2.18 bits per heavy atom. The molecule has 0 radical (unpaired) electrons. The molecule has 0 unspecified atom stereocenters. The molecule has 3 N–H and O–H groups in total. The normalized spacial score (nSPS) is 12.2. The second-order valence-corrected chi connectivity index (χ2v) is 2.13. The van der Waals surface area contributed by atoms with E-state index in [1.165, 1.54) is 0 Å². The number of hydrogen-bond acceptors (Lipinski definition) is 4. The second kappa shape index (κ2) is 3.82. The highest BCUT2D eigenvalue weighted by atomic mass is 16.4.